The molecule has 2 aliphatic rings. The quantitative estimate of drug-likeness (QED) is 0.491. The second kappa shape index (κ2) is 10.3. The van der Waals surface area contributed by atoms with Crippen LogP contribution in [-0.2, 0) is 14.3 Å². The van der Waals surface area contributed by atoms with Crippen molar-refractivity contribution in [3.8, 4) is 11.5 Å². The number of esters is 1. The van der Waals surface area contributed by atoms with Crippen molar-refractivity contribution in [1.82, 2.24) is 5.32 Å². The Balaban J connectivity index is 1.82. The van der Waals surface area contributed by atoms with E-state index in [4.69, 9.17) is 25.8 Å². The lowest BCUT2D eigenvalue weighted by Gasteiger charge is -2.37. The lowest BCUT2D eigenvalue weighted by molar-refractivity contribution is -0.143. The molecule has 1 aliphatic carbocycles. The molecule has 1 aliphatic heterocycles. The summed E-state index contributed by atoms with van der Waals surface area (Å²) in [6.45, 7) is 5.20. The van der Waals surface area contributed by atoms with Crippen LogP contribution in [0.1, 0.15) is 56.6 Å². The van der Waals surface area contributed by atoms with Gasteiger partial charge in [-0.3, -0.25) is 4.79 Å². The summed E-state index contributed by atoms with van der Waals surface area (Å²) >= 11 is 6.46. The van der Waals surface area contributed by atoms with Gasteiger partial charge in [0.05, 0.1) is 31.8 Å². The molecule has 4 rings (SSSR count). The number of carbonyl (C=O) groups is 2. The second-order valence-corrected chi connectivity index (χ2v) is 9.63. The summed E-state index contributed by atoms with van der Waals surface area (Å²) in [5, 5.41) is 3.40. The van der Waals surface area contributed by atoms with Crippen molar-refractivity contribution in [2.24, 2.45) is 0 Å². The number of Topliss-reactive ketones (excluding diaryl/α,β-unsaturated/α-hetero) is 1. The van der Waals surface area contributed by atoms with Gasteiger partial charge in [0.1, 0.15) is 5.82 Å². The average molecular weight is 514 g/mol. The van der Waals surface area contributed by atoms with Crippen LogP contribution in [0.3, 0.4) is 0 Å². The van der Waals surface area contributed by atoms with Crippen LogP contribution >= 0.6 is 11.6 Å². The van der Waals surface area contributed by atoms with Crippen molar-refractivity contribution >= 4 is 23.4 Å². The van der Waals surface area contributed by atoms with E-state index in [1.165, 1.54) is 12.1 Å². The molecule has 0 aromatic heterocycles. The topological polar surface area (TPSA) is 73.9 Å². The van der Waals surface area contributed by atoms with Gasteiger partial charge in [0, 0.05) is 34.0 Å². The zero-order valence-corrected chi connectivity index (χ0v) is 21.7. The van der Waals surface area contributed by atoms with E-state index in [1.54, 1.807) is 41.1 Å². The molecule has 2 aromatic carbocycles. The maximum absolute atomic E-state index is 15.2. The van der Waals surface area contributed by atoms with Crippen LogP contribution in [0.5, 0.6) is 11.5 Å². The number of ketones is 1. The molecule has 8 heteroatoms. The number of hydrogen-bond donors (Lipinski definition) is 1. The molecule has 1 N–H and O–H groups in total. The highest BCUT2D eigenvalue weighted by Gasteiger charge is 2.43. The van der Waals surface area contributed by atoms with Gasteiger partial charge >= 0.3 is 5.97 Å². The van der Waals surface area contributed by atoms with Crippen molar-refractivity contribution in [1.29, 1.82) is 0 Å². The number of methoxy groups -OCH3 is 2. The predicted octanol–water partition coefficient (Wildman–Crippen LogP) is 5.81. The van der Waals surface area contributed by atoms with Crippen LogP contribution in [0.25, 0.3) is 0 Å². The molecule has 6 nitrogen and oxygen atoms in total. The highest BCUT2D eigenvalue weighted by Crippen LogP contribution is 2.48. The highest BCUT2D eigenvalue weighted by atomic mass is 35.5. The van der Waals surface area contributed by atoms with Crippen LogP contribution in [0, 0.1) is 5.82 Å². The van der Waals surface area contributed by atoms with Gasteiger partial charge in [-0.05, 0) is 62.9 Å². The van der Waals surface area contributed by atoms with E-state index in [9.17, 15) is 9.59 Å². The SMILES string of the molecule is COc1ccc([C@@H]2CC(=O)C3=C(C2)NC(C)=C(C(=O)OC(C)C)[C@@H]3c2c(F)cccc2Cl)cc1OC. The number of ether oxygens (including phenoxy) is 3. The van der Waals surface area contributed by atoms with E-state index in [-0.39, 0.29) is 40.4 Å². The molecule has 0 amide bonds. The molecule has 0 bridgehead atoms. The molecule has 0 spiro atoms. The molecule has 0 saturated carbocycles. The standard InChI is InChI=1S/C28H29ClFNO5/c1-14(2)36-28(33)24-15(3)31-20-11-17(16-9-10-22(34-4)23(13-16)35-5)12-21(32)26(20)27(24)25-18(29)7-6-8-19(25)30/h6-10,13-14,17,27,31H,11-12H2,1-5H3/t17-,27+/m0/s1. The monoisotopic (exact) mass is 513 g/mol. The van der Waals surface area contributed by atoms with Gasteiger partial charge in [-0.25, -0.2) is 9.18 Å². The Morgan fingerprint density at radius 3 is 2.47 bits per heavy atom. The molecular weight excluding hydrogens is 485 g/mol. The number of hydrogen-bond acceptors (Lipinski definition) is 6. The van der Waals surface area contributed by atoms with E-state index in [2.05, 4.69) is 5.32 Å². The molecule has 2 aromatic rings. The molecule has 190 valence electrons. The molecule has 2 atom stereocenters. The van der Waals surface area contributed by atoms with E-state index >= 15 is 4.39 Å². The minimum absolute atomic E-state index is 0.0983. The molecule has 0 radical (unpaired) electrons. The maximum atomic E-state index is 15.2. The first-order chi connectivity index (χ1) is 17.2. The number of halogens is 2. The molecular formula is C28H29ClFNO5. The van der Waals surface area contributed by atoms with E-state index in [1.807, 2.05) is 18.2 Å². The Bertz CT molecular complexity index is 1260. The Hall–Kier alpha value is -3.32. The fraction of sp³-hybridized carbons (Fsp3) is 0.357. The third kappa shape index (κ3) is 4.72. The number of dihydropyridines is 1. The summed E-state index contributed by atoms with van der Waals surface area (Å²) in [5.41, 5.74) is 2.70. The maximum Gasteiger partial charge on any atom is 0.337 e. The normalized spacial score (nSPS) is 19.7. The highest BCUT2D eigenvalue weighted by molar-refractivity contribution is 6.31. The second-order valence-electron chi connectivity index (χ2n) is 9.22. The minimum atomic E-state index is -0.972. The number of allylic oxidation sites excluding steroid dienone is 3. The largest absolute Gasteiger partial charge is 0.493 e. The lowest BCUT2D eigenvalue weighted by atomic mass is 9.71. The van der Waals surface area contributed by atoms with E-state index in [0.29, 0.717) is 34.9 Å². The minimum Gasteiger partial charge on any atom is -0.493 e. The first-order valence-electron chi connectivity index (χ1n) is 11.8. The first-order valence-corrected chi connectivity index (χ1v) is 12.1. The summed E-state index contributed by atoms with van der Waals surface area (Å²) in [6, 6.07) is 9.92. The Kier molecular flexibility index (Phi) is 7.41. The lowest BCUT2D eigenvalue weighted by Crippen LogP contribution is -2.37. The molecule has 0 unspecified atom stereocenters. The van der Waals surface area contributed by atoms with Gasteiger partial charge in [0.25, 0.3) is 0 Å². The van der Waals surface area contributed by atoms with Crippen molar-refractivity contribution < 1.29 is 28.2 Å². The van der Waals surface area contributed by atoms with Crippen LogP contribution in [0.15, 0.2) is 58.9 Å². The third-order valence-electron chi connectivity index (χ3n) is 6.56. The molecule has 0 saturated heterocycles. The van der Waals surface area contributed by atoms with Crippen LogP contribution in [-0.4, -0.2) is 32.1 Å². The fourth-order valence-corrected chi connectivity index (χ4v) is 5.28. The van der Waals surface area contributed by atoms with Gasteiger partial charge in [-0.2, -0.15) is 0 Å². The zero-order chi connectivity index (χ0) is 26.1. The first kappa shape index (κ1) is 25.8. The van der Waals surface area contributed by atoms with Crippen molar-refractivity contribution in [3.63, 3.8) is 0 Å². The van der Waals surface area contributed by atoms with Crippen LogP contribution in [0.2, 0.25) is 5.02 Å². The number of rotatable bonds is 6. The number of benzene rings is 2. The molecule has 1 heterocycles. The smallest absolute Gasteiger partial charge is 0.337 e. The van der Waals surface area contributed by atoms with Crippen molar-refractivity contribution in [2.45, 2.75) is 51.6 Å². The van der Waals surface area contributed by atoms with Crippen LogP contribution < -0.4 is 14.8 Å². The third-order valence-corrected chi connectivity index (χ3v) is 6.89. The molecule has 0 fully saturated rings. The van der Waals surface area contributed by atoms with Gasteiger partial charge in [0.2, 0.25) is 0 Å². The van der Waals surface area contributed by atoms with Gasteiger partial charge in [0.15, 0.2) is 17.3 Å². The summed E-state index contributed by atoms with van der Waals surface area (Å²) in [7, 11) is 3.13. The Morgan fingerprint density at radius 1 is 1.11 bits per heavy atom. The van der Waals surface area contributed by atoms with E-state index in [0.717, 1.165) is 5.56 Å². The summed E-state index contributed by atoms with van der Waals surface area (Å²) < 4.78 is 31.5. The van der Waals surface area contributed by atoms with Gasteiger partial charge in [-0.1, -0.05) is 23.7 Å². The predicted molar refractivity (Wildman–Crippen MR) is 135 cm³/mol. The summed E-state index contributed by atoms with van der Waals surface area (Å²) in [4.78, 5) is 26.9. The van der Waals surface area contributed by atoms with Crippen LogP contribution in [0.4, 0.5) is 4.39 Å². The summed E-state index contributed by atoms with van der Waals surface area (Å²) in [6.07, 6.45) is 0.286. The Labute approximate surface area is 215 Å². The summed E-state index contributed by atoms with van der Waals surface area (Å²) in [5.74, 6) is -1.32. The van der Waals surface area contributed by atoms with E-state index < -0.39 is 17.7 Å². The number of carbonyl (C=O) groups excluding carboxylic acids is 2. The molecule has 36 heavy (non-hydrogen) atoms. The zero-order valence-electron chi connectivity index (χ0n) is 20.9. The fourth-order valence-electron chi connectivity index (χ4n) is 5.00. The van der Waals surface area contributed by atoms with Gasteiger partial charge in [-0.15, -0.1) is 0 Å². The number of nitrogens with one attached hydrogen (secondary N) is 1. The Morgan fingerprint density at radius 2 is 1.83 bits per heavy atom. The van der Waals surface area contributed by atoms with Crippen molar-refractivity contribution in [2.75, 3.05) is 14.2 Å². The average Bonchev–Trinajstić information content (AvgIpc) is 2.82. The van der Waals surface area contributed by atoms with Gasteiger partial charge < -0.3 is 19.5 Å². The van der Waals surface area contributed by atoms with Crippen molar-refractivity contribution in [3.05, 3.63) is 80.9 Å².